The summed E-state index contributed by atoms with van der Waals surface area (Å²) < 4.78 is 5.28. The molecule has 1 atom stereocenters. The van der Waals surface area contributed by atoms with Crippen LogP contribution in [0.15, 0.2) is 47.3 Å². The fraction of sp³-hybridized carbons (Fsp3) is 0.250. The van der Waals surface area contributed by atoms with Crippen LogP contribution in [0.2, 0.25) is 5.02 Å². The van der Waals surface area contributed by atoms with E-state index in [1.165, 1.54) is 0 Å². The SMILES string of the molecule is CC(C)[C@@H](C(=O)OCC(=O)c1ccc2[nH]c(=O)[nH]c2c1)c1ccc(Cl)cc1. The van der Waals surface area contributed by atoms with Gasteiger partial charge in [0.05, 0.1) is 17.0 Å². The number of rotatable bonds is 6. The number of ether oxygens (including phenoxy) is 1. The second-order valence-electron chi connectivity index (χ2n) is 6.64. The third-order valence-electron chi connectivity index (χ3n) is 4.33. The highest BCUT2D eigenvalue weighted by atomic mass is 35.5. The number of hydrogen-bond donors (Lipinski definition) is 2. The summed E-state index contributed by atoms with van der Waals surface area (Å²) in [5.41, 5.74) is 1.94. The topological polar surface area (TPSA) is 92.0 Å². The number of nitrogens with one attached hydrogen (secondary N) is 2. The van der Waals surface area contributed by atoms with Crippen molar-refractivity contribution in [1.29, 1.82) is 0 Å². The third-order valence-corrected chi connectivity index (χ3v) is 4.59. The Balaban J connectivity index is 1.71. The summed E-state index contributed by atoms with van der Waals surface area (Å²) >= 11 is 5.90. The Bertz CT molecular complexity index is 1030. The van der Waals surface area contributed by atoms with Gasteiger partial charge < -0.3 is 14.7 Å². The molecule has 0 bridgehead atoms. The van der Waals surface area contributed by atoms with E-state index in [-0.39, 0.29) is 24.0 Å². The van der Waals surface area contributed by atoms with E-state index in [4.69, 9.17) is 16.3 Å². The minimum Gasteiger partial charge on any atom is -0.457 e. The van der Waals surface area contributed by atoms with Crippen LogP contribution in [0.3, 0.4) is 0 Å². The number of aromatic amines is 2. The second kappa shape index (κ2) is 7.80. The lowest BCUT2D eigenvalue weighted by Crippen LogP contribution is -2.23. The summed E-state index contributed by atoms with van der Waals surface area (Å²) in [5.74, 6) is -1.30. The predicted octanol–water partition coefficient (Wildman–Crippen LogP) is 3.68. The van der Waals surface area contributed by atoms with Crippen LogP contribution >= 0.6 is 11.6 Å². The standard InChI is InChI=1S/C20H19ClN2O4/c1-11(2)18(12-3-6-14(21)7-4-12)19(25)27-10-17(24)13-5-8-15-16(9-13)23-20(26)22-15/h3-9,11,18H,10H2,1-2H3,(H2,22,23,26)/t18-/m1/s1. The molecule has 0 aliphatic heterocycles. The lowest BCUT2D eigenvalue weighted by atomic mass is 9.88. The van der Waals surface area contributed by atoms with Crippen LogP contribution in [0.5, 0.6) is 0 Å². The van der Waals surface area contributed by atoms with Gasteiger partial charge in [-0.3, -0.25) is 9.59 Å². The zero-order valence-corrected chi connectivity index (χ0v) is 15.7. The van der Waals surface area contributed by atoms with Gasteiger partial charge in [0, 0.05) is 10.6 Å². The smallest absolute Gasteiger partial charge is 0.323 e. The van der Waals surface area contributed by atoms with Crippen LogP contribution in [0.25, 0.3) is 11.0 Å². The van der Waals surface area contributed by atoms with E-state index in [0.29, 0.717) is 21.6 Å². The molecule has 3 rings (SSSR count). The number of benzene rings is 2. The molecule has 0 aliphatic rings. The van der Waals surface area contributed by atoms with Gasteiger partial charge in [0.15, 0.2) is 12.4 Å². The summed E-state index contributed by atoms with van der Waals surface area (Å²) in [4.78, 5) is 41.4. The molecule has 0 saturated carbocycles. The van der Waals surface area contributed by atoms with Crippen LogP contribution in [0, 0.1) is 5.92 Å². The Morgan fingerprint density at radius 2 is 1.70 bits per heavy atom. The first kappa shape index (κ1) is 18.9. The number of hydrogen-bond acceptors (Lipinski definition) is 4. The highest BCUT2D eigenvalue weighted by Gasteiger charge is 2.26. The van der Waals surface area contributed by atoms with Crippen molar-refractivity contribution in [3.05, 3.63) is 69.1 Å². The van der Waals surface area contributed by atoms with Crippen LogP contribution in [-0.2, 0) is 9.53 Å². The molecule has 0 saturated heterocycles. The highest BCUT2D eigenvalue weighted by Crippen LogP contribution is 2.27. The molecule has 140 valence electrons. The normalized spacial score (nSPS) is 12.3. The molecule has 0 spiro atoms. The first-order valence-corrected chi connectivity index (χ1v) is 8.90. The van der Waals surface area contributed by atoms with Crippen LogP contribution < -0.4 is 5.69 Å². The van der Waals surface area contributed by atoms with Crippen LogP contribution in [-0.4, -0.2) is 28.3 Å². The Morgan fingerprint density at radius 1 is 1.04 bits per heavy atom. The van der Waals surface area contributed by atoms with E-state index in [1.807, 2.05) is 13.8 Å². The number of fused-ring (bicyclic) bond motifs is 1. The number of esters is 1. The van der Waals surface area contributed by atoms with Gasteiger partial charge in [0.1, 0.15) is 0 Å². The zero-order valence-electron chi connectivity index (χ0n) is 14.9. The first-order valence-electron chi connectivity index (χ1n) is 8.52. The summed E-state index contributed by atoms with van der Waals surface area (Å²) in [5, 5.41) is 0.586. The van der Waals surface area contributed by atoms with Crippen molar-refractivity contribution in [3.63, 3.8) is 0 Å². The average molecular weight is 387 g/mol. The molecule has 1 heterocycles. The van der Waals surface area contributed by atoms with Crippen molar-refractivity contribution in [2.24, 2.45) is 5.92 Å². The Morgan fingerprint density at radius 3 is 2.37 bits per heavy atom. The van der Waals surface area contributed by atoms with Gasteiger partial charge in [-0.1, -0.05) is 37.6 Å². The maximum atomic E-state index is 12.6. The number of Topliss-reactive ketones (excluding diaryl/α,β-unsaturated/α-hetero) is 1. The van der Waals surface area contributed by atoms with E-state index in [9.17, 15) is 14.4 Å². The van der Waals surface area contributed by atoms with Crippen molar-refractivity contribution in [2.75, 3.05) is 6.61 Å². The van der Waals surface area contributed by atoms with Gasteiger partial charge in [-0.2, -0.15) is 0 Å². The Kier molecular flexibility index (Phi) is 5.46. The minimum absolute atomic E-state index is 0.00458. The molecule has 2 N–H and O–H groups in total. The fourth-order valence-electron chi connectivity index (χ4n) is 2.98. The van der Waals surface area contributed by atoms with Crippen molar-refractivity contribution in [3.8, 4) is 0 Å². The van der Waals surface area contributed by atoms with E-state index < -0.39 is 11.9 Å². The molecule has 7 heteroatoms. The molecule has 1 aromatic heterocycles. The lowest BCUT2D eigenvalue weighted by Gasteiger charge is -2.19. The number of H-pyrrole nitrogens is 2. The quantitative estimate of drug-likeness (QED) is 0.499. The van der Waals surface area contributed by atoms with E-state index in [2.05, 4.69) is 9.97 Å². The fourth-order valence-corrected chi connectivity index (χ4v) is 3.11. The number of aromatic nitrogens is 2. The van der Waals surface area contributed by atoms with Crippen LogP contribution in [0.1, 0.15) is 35.7 Å². The minimum atomic E-state index is -0.487. The lowest BCUT2D eigenvalue weighted by molar-refractivity contribution is -0.145. The van der Waals surface area contributed by atoms with E-state index in [0.717, 1.165) is 5.56 Å². The molecular formula is C20H19ClN2O4. The first-order chi connectivity index (χ1) is 12.8. The molecule has 0 aliphatic carbocycles. The summed E-state index contributed by atoms with van der Waals surface area (Å²) in [7, 11) is 0. The number of imidazole rings is 1. The van der Waals surface area contributed by atoms with Gasteiger partial charge >= 0.3 is 11.7 Å². The van der Waals surface area contributed by atoms with Crippen molar-refractivity contribution >= 4 is 34.4 Å². The van der Waals surface area contributed by atoms with E-state index >= 15 is 0 Å². The Hall–Kier alpha value is -2.86. The van der Waals surface area contributed by atoms with Gasteiger partial charge in [-0.25, -0.2) is 4.79 Å². The molecule has 0 fully saturated rings. The predicted molar refractivity (Wildman–Crippen MR) is 103 cm³/mol. The maximum absolute atomic E-state index is 12.6. The number of carbonyl (C=O) groups is 2. The summed E-state index contributed by atoms with van der Waals surface area (Å²) in [6, 6.07) is 11.8. The molecular weight excluding hydrogens is 368 g/mol. The summed E-state index contributed by atoms with van der Waals surface area (Å²) in [6.07, 6.45) is 0. The number of carbonyl (C=O) groups excluding carboxylic acids is 2. The zero-order chi connectivity index (χ0) is 19.6. The largest absolute Gasteiger partial charge is 0.457 e. The van der Waals surface area contributed by atoms with E-state index in [1.54, 1.807) is 42.5 Å². The van der Waals surface area contributed by atoms with Crippen molar-refractivity contribution in [1.82, 2.24) is 9.97 Å². The van der Waals surface area contributed by atoms with Crippen LogP contribution in [0.4, 0.5) is 0 Å². The molecule has 0 unspecified atom stereocenters. The Labute approximate surface area is 160 Å². The molecule has 3 aromatic rings. The molecule has 0 radical (unpaired) electrons. The monoisotopic (exact) mass is 386 g/mol. The summed E-state index contributed by atoms with van der Waals surface area (Å²) in [6.45, 7) is 3.47. The van der Waals surface area contributed by atoms with Gasteiger partial charge in [0.2, 0.25) is 0 Å². The van der Waals surface area contributed by atoms with Gasteiger partial charge in [-0.15, -0.1) is 0 Å². The third kappa shape index (κ3) is 4.28. The number of halogens is 1. The second-order valence-corrected chi connectivity index (χ2v) is 7.08. The van der Waals surface area contributed by atoms with Crippen molar-refractivity contribution < 1.29 is 14.3 Å². The molecule has 27 heavy (non-hydrogen) atoms. The average Bonchev–Trinajstić information content (AvgIpc) is 3.00. The van der Waals surface area contributed by atoms with Crippen molar-refractivity contribution in [2.45, 2.75) is 19.8 Å². The molecule has 0 amide bonds. The van der Waals surface area contributed by atoms with Gasteiger partial charge in [-0.05, 0) is 41.8 Å². The number of ketones is 1. The molecule has 2 aromatic carbocycles. The molecule has 6 nitrogen and oxygen atoms in total. The van der Waals surface area contributed by atoms with Gasteiger partial charge in [0.25, 0.3) is 0 Å². The maximum Gasteiger partial charge on any atom is 0.323 e. The highest BCUT2D eigenvalue weighted by molar-refractivity contribution is 6.30.